The van der Waals surface area contributed by atoms with Gasteiger partial charge in [0, 0.05) is 25.7 Å². The van der Waals surface area contributed by atoms with Crippen molar-refractivity contribution in [2.75, 3.05) is 26.4 Å². The highest BCUT2D eigenvalue weighted by atomic mass is 16.5. The fourth-order valence-corrected chi connectivity index (χ4v) is 8.80. The lowest BCUT2D eigenvalue weighted by molar-refractivity contribution is -0.145. The van der Waals surface area contributed by atoms with Gasteiger partial charge in [-0.15, -0.1) is 0 Å². The van der Waals surface area contributed by atoms with Gasteiger partial charge in [-0.1, -0.05) is 235 Å². The van der Waals surface area contributed by atoms with Crippen LogP contribution in [0.2, 0.25) is 0 Å². The van der Waals surface area contributed by atoms with E-state index in [2.05, 4.69) is 55.4 Å². The van der Waals surface area contributed by atoms with E-state index in [0.717, 1.165) is 77.0 Å². The molecule has 0 fully saturated rings. The van der Waals surface area contributed by atoms with Crippen molar-refractivity contribution in [3.05, 3.63) is 0 Å². The van der Waals surface area contributed by atoms with Crippen molar-refractivity contribution in [1.29, 1.82) is 0 Å². The van der Waals surface area contributed by atoms with Gasteiger partial charge in [0.1, 0.15) is 0 Å². The molecule has 0 heterocycles. The van der Waals surface area contributed by atoms with Crippen LogP contribution in [0.5, 0.6) is 0 Å². The van der Waals surface area contributed by atoms with Gasteiger partial charge in [0.05, 0.1) is 26.4 Å². The number of hydrogen-bond donors (Lipinski definition) is 0. The molecule has 0 rings (SSSR count). The number of hydrogen-bond acceptors (Lipinski definition) is 8. The predicted molar refractivity (Wildman–Crippen MR) is 297 cm³/mol. The largest absolute Gasteiger partial charge is 0.466 e. The Bertz CT molecular complexity index is 1120. The smallest absolute Gasteiger partial charge is 0.305 e. The third-order valence-electron chi connectivity index (χ3n) is 13.7. The highest BCUT2D eigenvalue weighted by Gasteiger charge is 2.10. The Morgan fingerprint density at radius 1 is 0.257 bits per heavy atom. The molecule has 2 atom stereocenters. The number of esters is 4. The highest BCUT2D eigenvalue weighted by molar-refractivity contribution is 5.70. The van der Waals surface area contributed by atoms with E-state index in [9.17, 15) is 19.2 Å². The quantitative estimate of drug-likeness (QED) is 0.0337. The van der Waals surface area contributed by atoms with Gasteiger partial charge in [-0.2, -0.15) is 0 Å². The van der Waals surface area contributed by atoms with Crippen LogP contribution < -0.4 is 0 Å². The van der Waals surface area contributed by atoms with Crippen LogP contribution >= 0.6 is 0 Å². The number of ether oxygens (including phenoxy) is 4. The summed E-state index contributed by atoms with van der Waals surface area (Å²) in [5.74, 6) is 2.55. The molecule has 0 aromatic carbocycles. The Kier molecular flexibility index (Phi) is 56.1. The topological polar surface area (TPSA) is 105 Å². The van der Waals surface area contributed by atoms with E-state index in [1.807, 2.05) is 0 Å². The molecule has 0 amide bonds. The van der Waals surface area contributed by atoms with Crippen molar-refractivity contribution in [1.82, 2.24) is 0 Å². The molecule has 0 aliphatic heterocycles. The van der Waals surface area contributed by atoms with Gasteiger partial charge >= 0.3 is 23.9 Å². The first-order valence-electron chi connectivity index (χ1n) is 30.5. The molecule has 0 aromatic rings. The van der Waals surface area contributed by atoms with Crippen LogP contribution in [0.3, 0.4) is 0 Å². The molecule has 2 unspecified atom stereocenters. The molecule has 0 saturated carbocycles. The first-order valence-corrected chi connectivity index (χ1v) is 30.5. The van der Waals surface area contributed by atoms with Crippen molar-refractivity contribution in [2.45, 2.75) is 325 Å². The average Bonchev–Trinajstić information content (AvgIpc) is 3.33. The second-order valence-electron chi connectivity index (χ2n) is 22.2. The SMILES string of the molecule is CC(C)CCCOC(=O)CCCCCCCCCCCCCC(C)CCC(=O)OCCCC(C)C.CCCCCCOC(=O)CCCCCCCCCCCCCC(C)CCC(=O)OCCCCCC. The average molecular weight is 994 g/mol. The minimum absolute atomic E-state index is 0.00781. The zero-order valence-electron chi connectivity index (χ0n) is 48.1. The molecule has 0 N–H and O–H groups in total. The van der Waals surface area contributed by atoms with Gasteiger partial charge in [0.25, 0.3) is 0 Å². The maximum absolute atomic E-state index is 11.8. The van der Waals surface area contributed by atoms with Crippen LogP contribution in [-0.2, 0) is 38.1 Å². The van der Waals surface area contributed by atoms with E-state index < -0.39 is 0 Å². The van der Waals surface area contributed by atoms with Crippen LogP contribution in [0.15, 0.2) is 0 Å². The molecule has 8 nitrogen and oxygen atoms in total. The fourth-order valence-electron chi connectivity index (χ4n) is 8.80. The summed E-state index contributed by atoms with van der Waals surface area (Å²) in [5.41, 5.74) is 0. The first kappa shape index (κ1) is 70.0. The zero-order valence-corrected chi connectivity index (χ0v) is 48.1. The van der Waals surface area contributed by atoms with Crippen LogP contribution in [-0.4, -0.2) is 50.3 Å². The number of carbonyl (C=O) groups is 4. The van der Waals surface area contributed by atoms with Crippen molar-refractivity contribution in [3.63, 3.8) is 0 Å². The van der Waals surface area contributed by atoms with E-state index in [0.29, 0.717) is 75.8 Å². The Morgan fingerprint density at radius 3 is 0.786 bits per heavy atom. The summed E-state index contributed by atoms with van der Waals surface area (Å²) in [6.07, 6.45) is 48.1. The van der Waals surface area contributed by atoms with Gasteiger partial charge in [0.15, 0.2) is 0 Å². The Labute approximate surface area is 435 Å². The Morgan fingerprint density at radius 2 is 0.500 bits per heavy atom. The number of rotatable bonds is 52. The van der Waals surface area contributed by atoms with Crippen molar-refractivity contribution < 1.29 is 38.1 Å². The maximum Gasteiger partial charge on any atom is 0.305 e. The van der Waals surface area contributed by atoms with Gasteiger partial charge in [0.2, 0.25) is 0 Å². The highest BCUT2D eigenvalue weighted by Crippen LogP contribution is 2.20. The second kappa shape index (κ2) is 56.2. The maximum atomic E-state index is 11.8. The lowest BCUT2D eigenvalue weighted by Gasteiger charge is -2.11. The summed E-state index contributed by atoms with van der Waals surface area (Å²) in [4.78, 5) is 47.0. The van der Waals surface area contributed by atoms with Gasteiger partial charge < -0.3 is 18.9 Å². The van der Waals surface area contributed by atoms with Crippen LogP contribution in [0.25, 0.3) is 0 Å². The standard InChI is InChI=1S/2C31H60O4/c1-27(2)19-17-25-34-30(32)22-16-14-12-10-8-6-7-9-11-13-15-21-29(5)23-24-31(33)35-26-18-20-28(3)4;1-4-6-8-21-27-34-30(32)24-20-18-16-14-12-10-11-13-15-17-19-23-29(3)25-26-31(33)35-28-22-9-7-5-2/h27-29H,6-26H2,1-5H3;29H,4-28H2,1-3H3. The molecule has 0 spiro atoms. The molecule has 0 aromatic heterocycles. The van der Waals surface area contributed by atoms with Gasteiger partial charge in [-0.3, -0.25) is 19.2 Å². The monoisotopic (exact) mass is 993 g/mol. The Hall–Kier alpha value is -2.12. The fraction of sp³-hybridized carbons (Fsp3) is 0.935. The second-order valence-corrected chi connectivity index (χ2v) is 22.2. The number of unbranched alkanes of at least 4 members (excludes halogenated alkanes) is 26. The number of carbonyl (C=O) groups excluding carboxylic acids is 4. The van der Waals surface area contributed by atoms with Gasteiger partial charge in [-0.05, 0) is 87.9 Å². The summed E-state index contributed by atoms with van der Waals surface area (Å²) in [7, 11) is 0. The summed E-state index contributed by atoms with van der Waals surface area (Å²) in [6, 6.07) is 0. The summed E-state index contributed by atoms with van der Waals surface area (Å²) in [5, 5.41) is 0. The van der Waals surface area contributed by atoms with E-state index in [1.54, 1.807) is 0 Å². The van der Waals surface area contributed by atoms with Crippen LogP contribution in [0.1, 0.15) is 325 Å². The third-order valence-corrected chi connectivity index (χ3v) is 13.7. The molecule has 416 valence electrons. The third kappa shape index (κ3) is 60.2. The lowest BCUT2D eigenvalue weighted by Crippen LogP contribution is -2.08. The molecule has 0 radical (unpaired) electrons. The summed E-state index contributed by atoms with van der Waals surface area (Å²) in [6.45, 7) is 20.1. The molecule has 0 aliphatic carbocycles. The van der Waals surface area contributed by atoms with E-state index in [-0.39, 0.29) is 23.9 Å². The van der Waals surface area contributed by atoms with E-state index >= 15 is 0 Å². The summed E-state index contributed by atoms with van der Waals surface area (Å²) < 4.78 is 21.2. The molecule has 8 heteroatoms. The van der Waals surface area contributed by atoms with E-state index in [1.165, 1.54) is 167 Å². The molecular weight excluding hydrogens is 873 g/mol. The molecular formula is C62H120O8. The van der Waals surface area contributed by atoms with Gasteiger partial charge in [-0.25, -0.2) is 0 Å². The van der Waals surface area contributed by atoms with E-state index in [4.69, 9.17) is 18.9 Å². The van der Waals surface area contributed by atoms with Crippen molar-refractivity contribution in [2.24, 2.45) is 23.7 Å². The Balaban J connectivity index is 0. The normalized spacial score (nSPS) is 12.1. The van der Waals surface area contributed by atoms with Crippen molar-refractivity contribution >= 4 is 23.9 Å². The molecule has 0 aliphatic rings. The molecule has 0 saturated heterocycles. The first-order chi connectivity index (χ1) is 33.9. The zero-order chi connectivity index (χ0) is 52.0. The molecule has 70 heavy (non-hydrogen) atoms. The van der Waals surface area contributed by atoms with Crippen molar-refractivity contribution in [3.8, 4) is 0 Å². The predicted octanol–water partition coefficient (Wildman–Crippen LogP) is 19.2. The van der Waals surface area contributed by atoms with Crippen LogP contribution in [0.4, 0.5) is 0 Å². The minimum atomic E-state index is -0.0179. The lowest BCUT2D eigenvalue weighted by atomic mass is 9.97. The minimum Gasteiger partial charge on any atom is -0.466 e. The summed E-state index contributed by atoms with van der Waals surface area (Å²) >= 11 is 0. The van der Waals surface area contributed by atoms with Crippen LogP contribution in [0, 0.1) is 23.7 Å². The molecule has 0 bridgehead atoms.